The molecule has 4 aromatic rings. The Morgan fingerprint density at radius 2 is 1.51 bits per heavy atom. The van der Waals surface area contributed by atoms with Crippen LogP contribution >= 0.6 is 48.0 Å². The second-order valence-corrected chi connectivity index (χ2v) is 10.7. The van der Waals surface area contributed by atoms with Crippen molar-refractivity contribution in [2.75, 3.05) is 44.2 Å². The van der Waals surface area contributed by atoms with E-state index in [1.165, 1.54) is 0 Å². The lowest BCUT2D eigenvalue weighted by Crippen LogP contribution is -2.47. The molecule has 0 spiro atoms. The number of aromatic nitrogens is 2. The number of halogens is 4. The zero-order valence-corrected chi connectivity index (χ0v) is 26.3. The monoisotopic (exact) mass is 633 g/mol. The van der Waals surface area contributed by atoms with Crippen LogP contribution in [0, 0.1) is 13.8 Å². The highest BCUT2D eigenvalue weighted by Gasteiger charge is 2.23. The van der Waals surface area contributed by atoms with Crippen molar-refractivity contribution in [2.45, 2.75) is 20.3 Å². The molecule has 2 heterocycles. The third-order valence-corrected chi connectivity index (χ3v) is 8.10. The van der Waals surface area contributed by atoms with Crippen LogP contribution < -0.4 is 10.2 Å². The van der Waals surface area contributed by atoms with Gasteiger partial charge in [-0.25, -0.2) is 4.98 Å². The number of aryl methyl sites for hydroxylation is 1. The van der Waals surface area contributed by atoms with Gasteiger partial charge in [-0.3, -0.25) is 14.3 Å². The molecule has 41 heavy (non-hydrogen) atoms. The van der Waals surface area contributed by atoms with Gasteiger partial charge in [-0.1, -0.05) is 77.8 Å². The molecular weight excluding hydrogens is 600 g/mol. The summed E-state index contributed by atoms with van der Waals surface area (Å²) in [4.78, 5) is 22.8. The van der Waals surface area contributed by atoms with Crippen molar-refractivity contribution < 1.29 is 4.79 Å². The van der Waals surface area contributed by atoms with Gasteiger partial charge in [0, 0.05) is 38.3 Å². The zero-order valence-electron chi connectivity index (χ0n) is 23.1. The first-order valence-electron chi connectivity index (χ1n) is 13.3. The second-order valence-electron chi connectivity index (χ2n) is 9.87. The summed E-state index contributed by atoms with van der Waals surface area (Å²) in [5, 5.41) is 4.30. The number of piperazine rings is 1. The van der Waals surface area contributed by atoms with Crippen LogP contribution in [0.2, 0.25) is 10.0 Å². The molecule has 0 radical (unpaired) electrons. The molecule has 0 aliphatic carbocycles. The molecule has 1 aliphatic heterocycles. The number of carbonyl (C=O) groups is 1. The van der Waals surface area contributed by atoms with Crippen LogP contribution in [0.5, 0.6) is 0 Å². The number of carbonyl (C=O) groups excluding carboxylic acids is 1. The van der Waals surface area contributed by atoms with Gasteiger partial charge in [0.1, 0.15) is 11.5 Å². The predicted molar refractivity (Wildman–Crippen MR) is 175 cm³/mol. The summed E-state index contributed by atoms with van der Waals surface area (Å²) in [6.45, 7) is 9.22. The van der Waals surface area contributed by atoms with Gasteiger partial charge in [0.25, 0.3) is 5.91 Å². The molecular formula is C31H35Cl4N5O. The van der Waals surface area contributed by atoms with Crippen LogP contribution in [0.25, 0.3) is 17.1 Å². The summed E-state index contributed by atoms with van der Waals surface area (Å²) in [7, 11) is 0. The molecule has 0 atom stereocenters. The molecule has 0 unspecified atom stereocenters. The topological polar surface area (TPSA) is 53.4 Å². The normalized spacial score (nSPS) is 13.3. The zero-order chi connectivity index (χ0) is 27.4. The van der Waals surface area contributed by atoms with Crippen molar-refractivity contribution in [3.63, 3.8) is 0 Å². The average Bonchev–Trinajstić information content (AvgIpc) is 3.30. The maximum atomic E-state index is 13.3. The van der Waals surface area contributed by atoms with Gasteiger partial charge in [-0.2, -0.15) is 0 Å². The molecule has 1 aliphatic rings. The Labute approximate surface area is 264 Å². The fourth-order valence-corrected chi connectivity index (χ4v) is 5.56. The molecule has 1 N–H and O–H groups in total. The van der Waals surface area contributed by atoms with E-state index in [2.05, 4.69) is 38.7 Å². The van der Waals surface area contributed by atoms with E-state index in [1.54, 1.807) is 0 Å². The molecule has 1 amide bonds. The van der Waals surface area contributed by atoms with Crippen molar-refractivity contribution in [3.05, 3.63) is 99.8 Å². The Morgan fingerprint density at radius 3 is 2.22 bits per heavy atom. The molecule has 6 nitrogen and oxygen atoms in total. The summed E-state index contributed by atoms with van der Waals surface area (Å²) >= 11 is 12.6. The van der Waals surface area contributed by atoms with Crippen molar-refractivity contribution in [3.8, 4) is 17.1 Å². The van der Waals surface area contributed by atoms with Crippen molar-refractivity contribution in [2.24, 2.45) is 0 Å². The summed E-state index contributed by atoms with van der Waals surface area (Å²) in [6, 6.07) is 24.0. The van der Waals surface area contributed by atoms with E-state index in [9.17, 15) is 4.79 Å². The maximum absolute atomic E-state index is 13.3. The van der Waals surface area contributed by atoms with Crippen LogP contribution in [0.15, 0.2) is 72.8 Å². The Balaban J connectivity index is 0.00000231. The Kier molecular flexibility index (Phi) is 11.9. The van der Waals surface area contributed by atoms with Crippen LogP contribution in [0.4, 0.5) is 5.69 Å². The molecule has 10 heteroatoms. The fraction of sp³-hybridized carbons (Fsp3) is 0.290. The van der Waals surface area contributed by atoms with Crippen LogP contribution in [-0.2, 0) is 0 Å². The summed E-state index contributed by atoms with van der Waals surface area (Å²) in [5.74, 6) is 0.627. The van der Waals surface area contributed by atoms with E-state index in [0.717, 1.165) is 73.2 Å². The lowest BCUT2D eigenvalue weighted by molar-refractivity contribution is 0.0946. The van der Waals surface area contributed by atoms with Gasteiger partial charge in [0.05, 0.1) is 27.1 Å². The third-order valence-electron chi connectivity index (χ3n) is 7.29. The van der Waals surface area contributed by atoms with E-state index < -0.39 is 0 Å². The molecule has 3 aromatic carbocycles. The molecule has 218 valence electrons. The number of para-hydroxylation sites is 1. The van der Waals surface area contributed by atoms with Crippen LogP contribution in [-0.4, -0.2) is 59.6 Å². The highest BCUT2D eigenvalue weighted by Crippen LogP contribution is 2.33. The number of imidazole rings is 1. The minimum absolute atomic E-state index is 0. The number of hydrogen-bond donors (Lipinski definition) is 1. The van der Waals surface area contributed by atoms with Crippen molar-refractivity contribution in [1.82, 2.24) is 19.8 Å². The molecule has 1 aromatic heterocycles. The highest BCUT2D eigenvalue weighted by atomic mass is 35.5. The van der Waals surface area contributed by atoms with Gasteiger partial charge >= 0.3 is 0 Å². The number of hydrogen-bond acceptors (Lipinski definition) is 4. The molecule has 5 rings (SSSR count). The van der Waals surface area contributed by atoms with Gasteiger partial charge < -0.3 is 10.2 Å². The maximum Gasteiger partial charge on any atom is 0.271 e. The minimum atomic E-state index is -0.141. The number of amides is 1. The highest BCUT2D eigenvalue weighted by molar-refractivity contribution is 6.43. The van der Waals surface area contributed by atoms with E-state index >= 15 is 0 Å². The lowest BCUT2D eigenvalue weighted by Gasteiger charge is -2.36. The first-order chi connectivity index (χ1) is 18.9. The van der Waals surface area contributed by atoms with E-state index in [0.29, 0.717) is 22.3 Å². The van der Waals surface area contributed by atoms with Crippen molar-refractivity contribution >= 4 is 59.6 Å². The minimum Gasteiger partial charge on any atom is -0.368 e. The van der Waals surface area contributed by atoms with E-state index in [4.69, 9.17) is 28.2 Å². The summed E-state index contributed by atoms with van der Waals surface area (Å²) in [6.07, 6.45) is 0.868. The van der Waals surface area contributed by atoms with Gasteiger partial charge in [0.2, 0.25) is 0 Å². The third kappa shape index (κ3) is 7.37. The quantitative estimate of drug-likeness (QED) is 0.208. The number of nitrogens with one attached hydrogen (secondary N) is 1. The second kappa shape index (κ2) is 14.9. The Bertz CT molecular complexity index is 1450. The number of benzene rings is 3. The summed E-state index contributed by atoms with van der Waals surface area (Å²) < 4.78 is 2.09. The van der Waals surface area contributed by atoms with Gasteiger partial charge in [0.15, 0.2) is 0 Å². The number of nitrogens with zero attached hydrogens (tertiary/aromatic N) is 4. The molecule has 1 fully saturated rings. The molecule has 0 bridgehead atoms. The molecule has 0 saturated carbocycles. The number of rotatable bonds is 8. The predicted octanol–water partition coefficient (Wildman–Crippen LogP) is 7.25. The van der Waals surface area contributed by atoms with Crippen LogP contribution in [0.3, 0.4) is 0 Å². The average molecular weight is 635 g/mol. The molecule has 1 saturated heterocycles. The lowest BCUT2D eigenvalue weighted by atomic mass is 10.1. The first-order valence-corrected chi connectivity index (χ1v) is 14.1. The Morgan fingerprint density at radius 1 is 0.854 bits per heavy atom. The SMILES string of the molecule is Cc1ccccc1-n1c(-c2ccccc2)nc(C(=O)NCCCN2CCN(c3cccc(Cl)c3Cl)CC2)c1C.Cl.Cl. The Hall–Kier alpha value is -2.74. The van der Waals surface area contributed by atoms with Gasteiger partial charge in [-0.15, -0.1) is 24.8 Å². The fourth-order valence-electron chi connectivity index (χ4n) is 5.14. The van der Waals surface area contributed by atoms with E-state index in [-0.39, 0.29) is 30.7 Å². The van der Waals surface area contributed by atoms with E-state index in [1.807, 2.05) is 67.6 Å². The van der Waals surface area contributed by atoms with Gasteiger partial charge in [-0.05, 0) is 50.6 Å². The number of anilines is 1. The standard InChI is InChI=1S/C31H33Cl2N5O.2ClH/c1-22-10-6-7-14-26(22)38-23(2)29(35-30(38)24-11-4-3-5-12-24)31(39)34-16-9-17-36-18-20-37(21-19-36)27-15-8-13-25(32)28(27)33;;/h3-8,10-15H,9,16-21H2,1-2H3,(H,34,39);2*1H. The largest absolute Gasteiger partial charge is 0.368 e. The first kappa shape index (κ1) is 32.8. The van der Waals surface area contributed by atoms with Crippen molar-refractivity contribution in [1.29, 1.82) is 0 Å². The summed E-state index contributed by atoms with van der Waals surface area (Å²) in [5.41, 5.74) is 5.41. The van der Waals surface area contributed by atoms with Crippen LogP contribution in [0.1, 0.15) is 28.2 Å². The smallest absolute Gasteiger partial charge is 0.271 e.